The predicted octanol–water partition coefficient (Wildman–Crippen LogP) is 3.22. The molecule has 18 heavy (non-hydrogen) atoms. The van der Waals surface area contributed by atoms with Crippen LogP contribution in [0, 0.1) is 6.92 Å². The zero-order valence-corrected chi connectivity index (χ0v) is 12.1. The van der Waals surface area contributed by atoms with E-state index in [1.54, 1.807) is 0 Å². The van der Waals surface area contributed by atoms with Crippen LogP contribution in [0.15, 0.2) is 18.2 Å². The van der Waals surface area contributed by atoms with Crippen molar-refractivity contribution in [1.82, 2.24) is 10.2 Å². The van der Waals surface area contributed by atoms with E-state index < -0.39 is 0 Å². The van der Waals surface area contributed by atoms with E-state index in [0.29, 0.717) is 6.04 Å². The molecule has 2 nitrogen and oxygen atoms in total. The molecule has 0 spiro atoms. The van der Waals surface area contributed by atoms with Gasteiger partial charge in [0.15, 0.2) is 0 Å². The third kappa shape index (κ3) is 3.71. The minimum Gasteiger partial charge on any atom is -0.309 e. The van der Waals surface area contributed by atoms with Gasteiger partial charge in [0.2, 0.25) is 0 Å². The predicted molar refractivity (Wildman–Crippen MR) is 78.2 cm³/mol. The van der Waals surface area contributed by atoms with Crippen molar-refractivity contribution in [2.45, 2.75) is 39.3 Å². The van der Waals surface area contributed by atoms with Crippen molar-refractivity contribution in [2.75, 3.05) is 19.6 Å². The van der Waals surface area contributed by atoms with Gasteiger partial charge in [-0.2, -0.15) is 0 Å². The van der Waals surface area contributed by atoms with Crippen molar-refractivity contribution in [2.24, 2.45) is 0 Å². The molecular weight excluding hydrogens is 244 g/mol. The lowest BCUT2D eigenvalue weighted by molar-refractivity contribution is 0.198. The van der Waals surface area contributed by atoms with Crippen molar-refractivity contribution >= 4 is 11.6 Å². The summed E-state index contributed by atoms with van der Waals surface area (Å²) in [5, 5.41) is 4.52. The number of benzene rings is 1. The summed E-state index contributed by atoms with van der Waals surface area (Å²) in [6.07, 6.45) is 2.59. The molecule has 1 aliphatic heterocycles. The molecule has 1 unspecified atom stereocenters. The highest BCUT2D eigenvalue weighted by atomic mass is 35.5. The van der Waals surface area contributed by atoms with Crippen molar-refractivity contribution in [3.05, 3.63) is 34.3 Å². The Morgan fingerprint density at radius 2 is 2.28 bits per heavy atom. The molecule has 1 aromatic carbocycles. The standard InChI is InChI=1S/C15H23ClN2/c1-3-18-8-4-5-14(11-18)17-10-13-7-6-12(2)15(16)9-13/h6-7,9,14,17H,3-5,8,10-11H2,1-2H3. The zero-order valence-electron chi connectivity index (χ0n) is 11.4. The number of likely N-dealkylation sites (tertiary alicyclic amines) is 1. The van der Waals surface area contributed by atoms with Crippen LogP contribution in [0.5, 0.6) is 0 Å². The second kappa shape index (κ2) is 6.55. The number of nitrogens with zero attached hydrogens (tertiary/aromatic N) is 1. The number of aryl methyl sites for hydroxylation is 1. The Morgan fingerprint density at radius 3 is 3.00 bits per heavy atom. The smallest absolute Gasteiger partial charge is 0.0438 e. The van der Waals surface area contributed by atoms with Gasteiger partial charge in [0.1, 0.15) is 0 Å². The van der Waals surface area contributed by atoms with Crippen molar-refractivity contribution in [3.63, 3.8) is 0 Å². The van der Waals surface area contributed by atoms with E-state index in [1.165, 1.54) is 31.5 Å². The highest BCUT2D eigenvalue weighted by Crippen LogP contribution is 2.17. The number of halogens is 1. The fraction of sp³-hybridized carbons (Fsp3) is 0.600. The highest BCUT2D eigenvalue weighted by Gasteiger charge is 2.17. The quantitative estimate of drug-likeness (QED) is 0.900. The molecule has 0 saturated carbocycles. The van der Waals surface area contributed by atoms with E-state index >= 15 is 0 Å². The molecule has 1 saturated heterocycles. The van der Waals surface area contributed by atoms with E-state index in [0.717, 1.165) is 23.7 Å². The van der Waals surface area contributed by atoms with Gasteiger partial charge in [-0.3, -0.25) is 0 Å². The first-order chi connectivity index (χ1) is 8.69. The number of hydrogen-bond acceptors (Lipinski definition) is 2. The third-order valence-electron chi connectivity index (χ3n) is 3.78. The maximum absolute atomic E-state index is 6.14. The van der Waals surface area contributed by atoms with Gasteiger partial charge in [-0.25, -0.2) is 0 Å². The van der Waals surface area contributed by atoms with E-state index in [2.05, 4.69) is 35.3 Å². The monoisotopic (exact) mass is 266 g/mol. The van der Waals surface area contributed by atoms with E-state index in [-0.39, 0.29) is 0 Å². The Bertz CT molecular complexity index is 392. The van der Waals surface area contributed by atoms with Gasteiger partial charge in [0, 0.05) is 24.2 Å². The Labute approximate surface area is 115 Å². The fourth-order valence-electron chi connectivity index (χ4n) is 2.52. The fourth-order valence-corrected chi connectivity index (χ4v) is 2.72. The number of likely N-dealkylation sites (N-methyl/N-ethyl adjacent to an activating group) is 1. The molecule has 1 heterocycles. The normalized spacial score (nSPS) is 21.2. The average Bonchev–Trinajstić information content (AvgIpc) is 2.40. The molecule has 1 aliphatic rings. The van der Waals surface area contributed by atoms with Crippen molar-refractivity contribution in [1.29, 1.82) is 0 Å². The maximum Gasteiger partial charge on any atom is 0.0438 e. The Balaban J connectivity index is 1.85. The SMILES string of the molecule is CCN1CCCC(NCc2ccc(C)c(Cl)c2)C1. The number of nitrogens with one attached hydrogen (secondary N) is 1. The van der Waals surface area contributed by atoms with Crippen LogP contribution in [0.25, 0.3) is 0 Å². The molecule has 1 aromatic rings. The second-order valence-electron chi connectivity index (χ2n) is 5.20. The summed E-state index contributed by atoms with van der Waals surface area (Å²) >= 11 is 6.14. The summed E-state index contributed by atoms with van der Waals surface area (Å²) in [6, 6.07) is 6.95. The van der Waals surface area contributed by atoms with Crippen LogP contribution >= 0.6 is 11.6 Å². The molecule has 0 amide bonds. The summed E-state index contributed by atoms with van der Waals surface area (Å²) in [5.74, 6) is 0. The van der Waals surface area contributed by atoms with E-state index in [1.807, 2.05) is 6.92 Å². The number of piperidine rings is 1. The average molecular weight is 267 g/mol. The molecule has 1 N–H and O–H groups in total. The Hall–Kier alpha value is -0.570. The number of rotatable bonds is 4. The Kier molecular flexibility index (Phi) is 5.04. The van der Waals surface area contributed by atoms with Crippen molar-refractivity contribution < 1.29 is 0 Å². The topological polar surface area (TPSA) is 15.3 Å². The van der Waals surface area contributed by atoms with Crippen LogP contribution in [0.3, 0.4) is 0 Å². The summed E-state index contributed by atoms with van der Waals surface area (Å²) in [4.78, 5) is 2.52. The first-order valence-corrected chi connectivity index (χ1v) is 7.27. The molecule has 1 atom stereocenters. The van der Waals surface area contributed by atoms with Crippen molar-refractivity contribution in [3.8, 4) is 0 Å². The summed E-state index contributed by atoms with van der Waals surface area (Å²) in [6.45, 7) is 8.79. The van der Waals surface area contributed by atoms with Crippen LogP contribution in [0.4, 0.5) is 0 Å². The van der Waals surface area contributed by atoms with Crippen LogP contribution in [0.2, 0.25) is 5.02 Å². The molecule has 0 radical (unpaired) electrons. The van der Waals surface area contributed by atoms with Gasteiger partial charge < -0.3 is 10.2 Å². The van der Waals surface area contributed by atoms with Gasteiger partial charge in [-0.1, -0.05) is 30.7 Å². The lowest BCUT2D eigenvalue weighted by atomic mass is 10.1. The number of hydrogen-bond donors (Lipinski definition) is 1. The highest BCUT2D eigenvalue weighted by molar-refractivity contribution is 6.31. The molecule has 3 heteroatoms. The van der Waals surface area contributed by atoms with Gasteiger partial charge >= 0.3 is 0 Å². The molecule has 2 rings (SSSR count). The van der Waals surface area contributed by atoms with Gasteiger partial charge in [0.05, 0.1) is 0 Å². The zero-order chi connectivity index (χ0) is 13.0. The lowest BCUT2D eigenvalue weighted by Crippen LogP contribution is -2.45. The van der Waals surface area contributed by atoms with Gasteiger partial charge in [0.25, 0.3) is 0 Å². The van der Waals surface area contributed by atoms with E-state index in [9.17, 15) is 0 Å². The molecular formula is C15H23ClN2. The van der Waals surface area contributed by atoms with Gasteiger partial charge in [-0.15, -0.1) is 0 Å². The molecule has 100 valence electrons. The van der Waals surface area contributed by atoms with Crippen LogP contribution in [0.1, 0.15) is 30.9 Å². The minimum absolute atomic E-state index is 0.624. The molecule has 0 aromatic heterocycles. The summed E-state index contributed by atoms with van der Waals surface area (Å²) < 4.78 is 0. The molecule has 0 aliphatic carbocycles. The first kappa shape index (κ1) is 13.9. The van der Waals surface area contributed by atoms with Gasteiger partial charge in [-0.05, 0) is 50.0 Å². The first-order valence-electron chi connectivity index (χ1n) is 6.90. The summed E-state index contributed by atoms with van der Waals surface area (Å²) in [5.41, 5.74) is 2.43. The second-order valence-corrected chi connectivity index (χ2v) is 5.60. The van der Waals surface area contributed by atoms with Crippen LogP contribution in [-0.2, 0) is 6.54 Å². The Morgan fingerprint density at radius 1 is 1.44 bits per heavy atom. The van der Waals surface area contributed by atoms with E-state index in [4.69, 9.17) is 11.6 Å². The molecule has 1 fully saturated rings. The van der Waals surface area contributed by atoms with Crippen LogP contribution in [-0.4, -0.2) is 30.6 Å². The minimum atomic E-state index is 0.624. The largest absolute Gasteiger partial charge is 0.309 e. The lowest BCUT2D eigenvalue weighted by Gasteiger charge is -2.32. The maximum atomic E-state index is 6.14. The summed E-state index contributed by atoms with van der Waals surface area (Å²) in [7, 11) is 0. The molecule has 0 bridgehead atoms. The van der Waals surface area contributed by atoms with Crippen LogP contribution < -0.4 is 5.32 Å². The third-order valence-corrected chi connectivity index (χ3v) is 4.19.